The van der Waals surface area contributed by atoms with E-state index in [1.54, 1.807) is 14.2 Å². The maximum absolute atomic E-state index is 13.2. The van der Waals surface area contributed by atoms with Crippen LogP contribution in [0.1, 0.15) is 71.0 Å². The van der Waals surface area contributed by atoms with Crippen LogP contribution in [-0.4, -0.2) is 50.6 Å². The SMILES string of the molecule is COCCCOc1cc(C[C@@H](C[C@H](N)[C@@H](O)C[C@H](C(=O)N[C@H](C)c2ccc(Cl)cc2)C(C)C)C(C)C)ccc1OC.Cl. The molecule has 0 aliphatic heterocycles. The molecule has 2 rings (SSSR count). The number of hydrogen-bond donors (Lipinski definition) is 3. The highest BCUT2D eigenvalue weighted by Crippen LogP contribution is 2.32. The molecule has 0 aromatic heterocycles. The van der Waals surface area contributed by atoms with Gasteiger partial charge in [-0.25, -0.2) is 0 Å². The van der Waals surface area contributed by atoms with E-state index in [4.69, 9.17) is 31.5 Å². The number of carbonyl (C=O) groups excluding carboxylic acids is 1. The van der Waals surface area contributed by atoms with Crippen LogP contribution in [0, 0.1) is 23.7 Å². The highest BCUT2D eigenvalue weighted by atomic mass is 35.5. The quantitative estimate of drug-likeness (QED) is 0.161. The van der Waals surface area contributed by atoms with Gasteiger partial charge in [0, 0.05) is 37.1 Å². The first kappa shape index (κ1) is 38.0. The van der Waals surface area contributed by atoms with E-state index in [2.05, 4.69) is 25.2 Å². The average molecular weight is 628 g/mol. The fourth-order valence-electron chi connectivity index (χ4n) is 5.02. The molecule has 238 valence electrons. The summed E-state index contributed by atoms with van der Waals surface area (Å²) in [6, 6.07) is 12.9. The molecular formula is C33H52Cl2N2O5. The lowest BCUT2D eigenvalue weighted by Crippen LogP contribution is -2.43. The number of aliphatic hydroxyl groups excluding tert-OH is 1. The van der Waals surface area contributed by atoms with Crippen molar-refractivity contribution in [3.05, 3.63) is 58.6 Å². The van der Waals surface area contributed by atoms with Crippen molar-refractivity contribution >= 4 is 29.9 Å². The van der Waals surface area contributed by atoms with E-state index in [-0.39, 0.29) is 42.1 Å². The smallest absolute Gasteiger partial charge is 0.223 e. The summed E-state index contributed by atoms with van der Waals surface area (Å²) in [5, 5.41) is 14.9. The third-order valence-electron chi connectivity index (χ3n) is 7.85. The van der Waals surface area contributed by atoms with Gasteiger partial charge in [0.2, 0.25) is 5.91 Å². The van der Waals surface area contributed by atoms with Crippen molar-refractivity contribution in [3.63, 3.8) is 0 Å². The third kappa shape index (κ3) is 12.3. The first-order chi connectivity index (χ1) is 19.5. The second-order valence-corrected chi connectivity index (χ2v) is 12.2. The van der Waals surface area contributed by atoms with Gasteiger partial charge in [0.1, 0.15) is 0 Å². The minimum atomic E-state index is -0.796. The van der Waals surface area contributed by atoms with E-state index >= 15 is 0 Å². The van der Waals surface area contributed by atoms with Crippen LogP contribution in [0.4, 0.5) is 0 Å². The fourth-order valence-corrected chi connectivity index (χ4v) is 5.15. The van der Waals surface area contributed by atoms with Crippen molar-refractivity contribution in [2.75, 3.05) is 27.4 Å². The number of amides is 1. The van der Waals surface area contributed by atoms with E-state index in [1.807, 2.05) is 57.2 Å². The summed E-state index contributed by atoms with van der Waals surface area (Å²) < 4.78 is 16.6. The second kappa shape index (κ2) is 19.3. The van der Waals surface area contributed by atoms with Gasteiger partial charge in [-0.05, 0) is 79.3 Å². The zero-order valence-corrected chi connectivity index (χ0v) is 27.8. The van der Waals surface area contributed by atoms with Crippen LogP contribution in [0.2, 0.25) is 5.02 Å². The van der Waals surface area contributed by atoms with Gasteiger partial charge < -0.3 is 30.4 Å². The van der Waals surface area contributed by atoms with Gasteiger partial charge in [-0.1, -0.05) is 57.5 Å². The van der Waals surface area contributed by atoms with Crippen LogP contribution < -0.4 is 20.5 Å². The molecule has 0 aliphatic rings. The van der Waals surface area contributed by atoms with E-state index < -0.39 is 12.1 Å². The summed E-state index contributed by atoms with van der Waals surface area (Å²) in [6.07, 6.45) is 1.74. The summed E-state index contributed by atoms with van der Waals surface area (Å²) in [5.41, 5.74) is 8.69. The summed E-state index contributed by atoms with van der Waals surface area (Å²) in [7, 11) is 3.31. The molecule has 1 amide bonds. The molecule has 0 unspecified atom stereocenters. The van der Waals surface area contributed by atoms with E-state index in [0.717, 1.165) is 24.0 Å². The third-order valence-corrected chi connectivity index (χ3v) is 8.11. The van der Waals surface area contributed by atoms with Gasteiger partial charge in [0.25, 0.3) is 0 Å². The monoisotopic (exact) mass is 626 g/mol. The van der Waals surface area contributed by atoms with Gasteiger partial charge >= 0.3 is 0 Å². The molecule has 4 N–H and O–H groups in total. The van der Waals surface area contributed by atoms with Crippen LogP contribution in [0.25, 0.3) is 0 Å². The van der Waals surface area contributed by atoms with E-state index in [0.29, 0.717) is 48.5 Å². The van der Waals surface area contributed by atoms with Crippen molar-refractivity contribution in [1.29, 1.82) is 0 Å². The van der Waals surface area contributed by atoms with Gasteiger partial charge in [-0.15, -0.1) is 12.4 Å². The topological polar surface area (TPSA) is 103 Å². The molecule has 0 saturated heterocycles. The number of aliphatic hydroxyl groups is 1. The molecule has 5 atom stereocenters. The number of hydrogen-bond acceptors (Lipinski definition) is 6. The first-order valence-electron chi connectivity index (χ1n) is 14.7. The number of ether oxygens (including phenoxy) is 3. The van der Waals surface area contributed by atoms with Crippen LogP contribution in [0.15, 0.2) is 42.5 Å². The largest absolute Gasteiger partial charge is 0.493 e. The lowest BCUT2D eigenvalue weighted by molar-refractivity contribution is -0.128. The Bertz CT molecular complexity index is 1050. The van der Waals surface area contributed by atoms with E-state index in [1.165, 1.54) is 0 Å². The lowest BCUT2D eigenvalue weighted by atomic mass is 9.80. The Morgan fingerprint density at radius 3 is 2.19 bits per heavy atom. The molecule has 0 spiro atoms. The van der Waals surface area contributed by atoms with Gasteiger partial charge in [-0.3, -0.25) is 4.79 Å². The second-order valence-electron chi connectivity index (χ2n) is 11.7. The van der Waals surface area contributed by atoms with Crippen molar-refractivity contribution in [2.24, 2.45) is 29.4 Å². The number of nitrogens with two attached hydrogens (primary N) is 1. The molecule has 0 radical (unpaired) electrons. The highest BCUT2D eigenvalue weighted by Gasteiger charge is 2.30. The first-order valence-corrected chi connectivity index (χ1v) is 15.1. The molecule has 9 heteroatoms. The lowest BCUT2D eigenvalue weighted by Gasteiger charge is -2.30. The van der Waals surface area contributed by atoms with Crippen molar-refractivity contribution < 1.29 is 24.1 Å². The molecule has 42 heavy (non-hydrogen) atoms. The molecule has 0 aliphatic carbocycles. The predicted octanol–water partition coefficient (Wildman–Crippen LogP) is 6.62. The Morgan fingerprint density at radius 2 is 1.62 bits per heavy atom. The number of carbonyl (C=O) groups is 1. The molecule has 2 aromatic carbocycles. The molecule has 0 bridgehead atoms. The zero-order valence-electron chi connectivity index (χ0n) is 26.3. The molecular weight excluding hydrogens is 575 g/mol. The predicted molar refractivity (Wildman–Crippen MR) is 174 cm³/mol. The van der Waals surface area contributed by atoms with Crippen molar-refractivity contribution in [2.45, 2.75) is 78.5 Å². The molecule has 0 heterocycles. The Labute approximate surface area is 264 Å². The van der Waals surface area contributed by atoms with Crippen molar-refractivity contribution in [1.82, 2.24) is 5.32 Å². The van der Waals surface area contributed by atoms with Crippen LogP contribution in [-0.2, 0) is 16.0 Å². The van der Waals surface area contributed by atoms with Crippen LogP contribution in [0.3, 0.4) is 0 Å². The average Bonchev–Trinajstić information content (AvgIpc) is 2.93. The zero-order chi connectivity index (χ0) is 30.5. The minimum absolute atomic E-state index is 0. The number of rotatable bonds is 18. The standard InChI is InChI=1S/C33H51ClN2O5.ClH/c1-21(2)26(17-24-9-14-31(40-7)32(18-24)41-16-8-15-39-6)19-29(35)30(37)20-28(22(3)4)33(38)36-23(5)25-10-12-27(34)13-11-25;/h9-14,18,21-23,26,28-30,37H,8,15-17,19-20,35H2,1-7H3,(H,36,38);1H/t23-,26+,28+,29+,30+;/m1./s1. The number of nitrogens with one attached hydrogen (secondary N) is 1. The maximum Gasteiger partial charge on any atom is 0.223 e. The van der Waals surface area contributed by atoms with Gasteiger partial charge in [0.05, 0.1) is 25.9 Å². The summed E-state index contributed by atoms with van der Waals surface area (Å²) in [6.45, 7) is 11.5. The fraction of sp³-hybridized carbons (Fsp3) is 0.606. The Kier molecular flexibility index (Phi) is 17.4. The Balaban J connectivity index is 0.00000882. The van der Waals surface area contributed by atoms with Gasteiger partial charge in [-0.2, -0.15) is 0 Å². The Hall–Kier alpha value is -2.03. The number of halogens is 2. The highest BCUT2D eigenvalue weighted by molar-refractivity contribution is 6.30. The summed E-state index contributed by atoms with van der Waals surface area (Å²) in [4.78, 5) is 13.2. The summed E-state index contributed by atoms with van der Waals surface area (Å²) >= 11 is 6.01. The molecule has 0 saturated carbocycles. The maximum atomic E-state index is 13.2. The summed E-state index contributed by atoms with van der Waals surface area (Å²) in [5.74, 6) is 1.62. The van der Waals surface area contributed by atoms with Crippen molar-refractivity contribution in [3.8, 4) is 11.5 Å². The molecule has 0 fully saturated rings. The number of benzene rings is 2. The molecule has 2 aromatic rings. The Morgan fingerprint density at radius 1 is 0.952 bits per heavy atom. The normalized spacial score (nSPS) is 15.0. The number of methoxy groups -OCH3 is 2. The van der Waals surface area contributed by atoms with E-state index in [9.17, 15) is 9.90 Å². The van der Waals surface area contributed by atoms with Gasteiger partial charge in [0.15, 0.2) is 11.5 Å². The van der Waals surface area contributed by atoms with Crippen LogP contribution >= 0.6 is 24.0 Å². The minimum Gasteiger partial charge on any atom is -0.493 e. The molecule has 7 nitrogen and oxygen atoms in total. The van der Waals surface area contributed by atoms with Crippen LogP contribution in [0.5, 0.6) is 11.5 Å².